The molecule has 0 spiro atoms. The fourth-order valence-corrected chi connectivity index (χ4v) is 0.960. The molecule has 0 saturated heterocycles. The Hall–Kier alpha value is -1.98. The Labute approximate surface area is 92.3 Å². The lowest BCUT2D eigenvalue weighted by Crippen LogP contribution is -2.36. The van der Waals surface area contributed by atoms with Gasteiger partial charge in [-0.05, 0) is 6.07 Å². The maximum atomic E-state index is 12.7. The number of aromatic nitrogens is 1. The lowest BCUT2D eigenvalue weighted by atomic mass is 10.2. The minimum absolute atomic E-state index is 0.115. The molecule has 0 bridgehead atoms. The maximum Gasteiger partial charge on any atom is 0.251 e. The van der Waals surface area contributed by atoms with Crippen molar-refractivity contribution in [3.05, 3.63) is 29.8 Å². The molecule has 0 atom stereocenters. The molecule has 0 saturated carbocycles. The normalized spacial score (nSPS) is 9.69. The molecule has 5 nitrogen and oxygen atoms in total. The Morgan fingerprint density at radius 3 is 2.75 bits per heavy atom. The molecule has 0 unspecified atom stereocenters. The highest BCUT2D eigenvalue weighted by Crippen LogP contribution is 1.99. The Morgan fingerprint density at radius 1 is 1.50 bits per heavy atom. The molecule has 1 N–H and O–H groups in total. The van der Waals surface area contributed by atoms with E-state index >= 15 is 0 Å². The lowest BCUT2D eigenvalue weighted by Gasteiger charge is -2.10. The molecular formula is C10H12FN3O2. The van der Waals surface area contributed by atoms with Gasteiger partial charge in [0.15, 0.2) is 0 Å². The smallest absolute Gasteiger partial charge is 0.251 e. The monoisotopic (exact) mass is 225 g/mol. The van der Waals surface area contributed by atoms with Crippen molar-refractivity contribution in [1.82, 2.24) is 15.2 Å². The second-order valence-corrected chi connectivity index (χ2v) is 3.34. The zero-order valence-corrected chi connectivity index (χ0v) is 9.03. The predicted molar refractivity (Wildman–Crippen MR) is 55.2 cm³/mol. The maximum absolute atomic E-state index is 12.7. The van der Waals surface area contributed by atoms with Gasteiger partial charge in [0.25, 0.3) is 5.91 Å². The van der Waals surface area contributed by atoms with Crippen molar-refractivity contribution >= 4 is 11.8 Å². The van der Waals surface area contributed by atoms with E-state index in [4.69, 9.17) is 0 Å². The van der Waals surface area contributed by atoms with Crippen molar-refractivity contribution in [2.24, 2.45) is 0 Å². The molecule has 1 aromatic heterocycles. The highest BCUT2D eigenvalue weighted by atomic mass is 19.1. The summed E-state index contributed by atoms with van der Waals surface area (Å²) in [6.07, 6.45) is 1.19. The molecule has 16 heavy (non-hydrogen) atoms. The van der Waals surface area contributed by atoms with Gasteiger partial charge in [-0.15, -0.1) is 0 Å². The first kappa shape index (κ1) is 12.1. The molecule has 0 aliphatic heterocycles. The Kier molecular flexibility index (Phi) is 3.93. The van der Waals surface area contributed by atoms with E-state index in [1.165, 1.54) is 17.2 Å². The van der Waals surface area contributed by atoms with Crippen molar-refractivity contribution in [2.75, 3.05) is 20.6 Å². The van der Waals surface area contributed by atoms with Crippen LogP contribution in [-0.4, -0.2) is 42.3 Å². The summed E-state index contributed by atoms with van der Waals surface area (Å²) in [5, 5.41) is 2.38. The van der Waals surface area contributed by atoms with Gasteiger partial charge in [-0.1, -0.05) is 0 Å². The summed E-state index contributed by atoms with van der Waals surface area (Å²) in [5.41, 5.74) is 0.138. The van der Waals surface area contributed by atoms with E-state index in [0.717, 1.165) is 6.07 Å². The van der Waals surface area contributed by atoms with E-state index in [2.05, 4.69) is 10.3 Å². The van der Waals surface area contributed by atoms with Gasteiger partial charge in [-0.2, -0.15) is 4.39 Å². The quantitative estimate of drug-likeness (QED) is 0.739. The van der Waals surface area contributed by atoms with Crippen LogP contribution in [0.4, 0.5) is 4.39 Å². The van der Waals surface area contributed by atoms with Gasteiger partial charge in [0.05, 0.1) is 6.54 Å². The number of hydrogen-bond donors (Lipinski definition) is 1. The summed E-state index contributed by atoms with van der Waals surface area (Å²) in [5.74, 6) is -1.47. The summed E-state index contributed by atoms with van der Waals surface area (Å²) in [6, 6.07) is 2.38. The van der Waals surface area contributed by atoms with Gasteiger partial charge in [0.2, 0.25) is 11.9 Å². The van der Waals surface area contributed by atoms with Gasteiger partial charge >= 0.3 is 0 Å². The molecule has 1 rings (SSSR count). The highest BCUT2D eigenvalue weighted by molar-refractivity contribution is 5.96. The predicted octanol–water partition coefficient (Wildman–Crippen LogP) is 0.0387. The van der Waals surface area contributed by atoms with Gasteiger partial charge in [0, 0.05) is 31.9 Å². The van der Waals surface area contributed by atoms with Crippen LogP contribution >= 0.6 is 0 Å². The van der Waals surface area contributed by atoms with Crippen molar-refractivity contribution in [2.45, 2.75) is 0 Å². The van der Waals surface area contributed by atoms with Crippen LogP contribution in [0.25, 0.3) is 0 Å². The molecule has 1 aromatic rings. The lowest BCUT2D eigenvalue weighted by molar-refractivity contribution is -0.127. The number of pyridine rings is 1. The topological polar surface area (TPSA) is 62.3 Å². The van der Waals surface area contributed by atoms with Crippen LogP contribution < -0.4 is 5.32 Å². The summed E-state index contributed by atoms with van der Waals surface area (Å²) >= 11 is 0. The molecule has 0 aliphatic carbocycles. The summed E-state index contributed by atoms with van der Waals surface area (Å²) in [6.45, 7) is -0.115. The van der Waals surface area contributed by atoms with Gasteiger partial charge in [-0.3, -0.25) is 9.59 Å². The number of likely N-dealkylation sites (N-methyl/N-ethyl adjacent to an activating group) is 1. The third kappa shape index (κ3) is 3.30. The summed E-state index contributed by atoms with van der Waals surface area (Å²) < 4.78 is 12.7. The van der Waals surface area contributed by atoms with Gasteiger partial charge in [-0.25, -0.2) is 4.98 Å². The van der Waals surface area contributed by atoms with Crippen molar-refractivity contribution < 1.29 is 14.0 Å². The van der Waals surface area contributed by atoms with Crippen LogP contribution in [0.1, 0.15) is 10.4 Å². The second kappa shape index (κ2) is 5.20. The summed E-state index contributed by atoms with van der Waals surface area (Å²) in [4.78, 5) is 27.3. The van der Waals surface area contributed by atoms with E-state index in [1.807, 2.05) is 0 Å². The average Bonchev–Trinajstić information content (AvgIpc) is 2.25. The van der Waals surface area contributed by atoms with Gasteiger partial charge < -0.3 is 10.2 Å². The zero-order valence-electron chi connectivity index (χ0n) is 9.03. The highest BCUT2D eigenvalue weighted by Gasteiger charge is 2.09. The van der Waals surface area contributed by atoms with Crippen LogP contribution in [0, 0.1) is 5.95 Å². The molecule has 0 aliphatic rings. The molecule has 2 amide bonds. The third-order valence-electron chi connectivity index (χ3n) is 1.89. The first-order chi connectivity index (χ1) is 7.50. The SMILES string of the molecule is CN(C)C(=O)CNC(=O)c1ccnc(F)c1. The fraction of sp³-hybridized carbons (Fsp3) is 0.300. The number of rotatable bonds is 3. The molecule has 0 fully saturated rings. The van der Waals surface area contributed by atoms with Crippen LogP contribution in [0.2, 0.25) is 0 Å². The number of amides is 2. The van der Waals surface area contributed by atoms with E-state index in [9.17, 15) is 14.0 Å². The Balaban J connectivity index is 2.57. The van der Waals surface area contributed by atoms with Crippen LogP contribution in [0.5, 0.6) is 0 Å². The van der Waals surface area contributed by atoms with Gasteiger partial charge in [0.1, 0.15) is 0 Å². The second-order valence-electron chi connectivity index (χ2n) is 3.34. The largest absolute Gasteiger partial charge is 0.347 e. The number of carbonyl (C=O) groups excluding carboxylic acids is 2. The minimum Gasteiger partial charge on any atom is -0.347 e. The van der Waals surface area contributed by atoms with Crippen LogP contribution in [0.15, 0.2) is 18.3 Å². The molecule has 1 heterocycles. The molecule has 0 radical (unpaired) electrons. The Bertz CT molecular complexity index is 407. The average molecular weight is 225 g/mol. The molecular weight excluding hydrogens is 213 g/mol. The zero-order chi connectivity index (χ0) is 12.1. The third-order valence-corrected chi connectivity index (χ3v) is 1.89. The first-order valence-corrected chi connectivity index (χ1v) is 4.60. The van der Waals surface area contributed by atoms with Crippen molar-refractivity contribution in [3.63, 3.8) is 0 Å². The fourth-order valence-electron chi connectivity index (χ4n) is 0.960. The van der Waals surface area contributed by atoms with E-state index in [0.29, 0.717) is 0 Å². The number of halogens is 1. The number of nitrogens with one attached hydrogen (secondary N) is 1. The van der Waals surface area contributed by atoms with E-state index in [1.54, 1.807) is 14.1 Å². The minimum atomic E-state index is -0.730. The van der Waals surface area contributed by atoms with E-state index in [-0.39, 0.29) is 18.0 Å². The van der Waals surface area contributed by atoms with Crippen molar-refractivity contribution in [3.8, 4) is 0 Å². The van der Waals surface area contributed by atoms with Crippen LogP contribution in [-0.2, 0) is 4.79 Å². The Morgan fingerprint density at radius 2 is 2.19 bits per heavy atom. The molecule has 86 valence electrons. The van der Waals surface area contributed by atoms with E-state index < -0.39 is 11.9 Å². The number of hydrogen-bond acceptors (Lipinski definition) is 3. The standard InChI is InChI=1S/C10H12FN3O2/c1-14(2)9(15)6-13-10(16)7-3-4-12-8(11)5-7/h3-5H,6H2,1-2H3,(H,13,16). The number of carbonyl (C=O) groups is 2. The molecule has 0 aromatic carbocycles. The summed E-state index contributed by atoms with van der Waals surface area (Å²) in [7, 11) is 3.17. The van der Waals surface area contributed by atoms with Crippen molar-refractivity contribution in [1.29, 1.82) is 0 Å². The first-order valence-electron chi connectivity index (χ1n) is 4.60. The number of nitrogens with zero attached hydrogens (tertiary/aromatic N) is 2. The molecule has 6 heteroatoms. The van der Waals surface area contributed by atoms with Crippen LogP contribution in [0.3, 0.4) is 0 Å².